The fourth-order valence-corrected chi connectivity index (χ4v) is 3.95. The Morgan fingerprint density at radius 2 is 1.19 bits per heavy atom. The zero-order chi connectivity index (χ0) is 27.1. The van der Waals surface area contributed by atoms with Gasteiger partial charge < -0.3 is 9.87 Å². The Bertz CT molecular complexity index is 754. The molecule has 1 aromatic carbocycles. The average Bonchev–Trinajstić information content (AvgIpc) is 2.85. The second kappa shape index (κ2) is 21.6. The van der Waals surface area contributed by atoms with E-state index in [0.29, 0.717) is 17.6 Å². The number of unbranched alkanes of at least 4 members (excludes halogenated alkanes) is 14. The summed E-state index contributed by atoms with van der Waals surface area (Å²) < 4.78 is 31.7. The quantitative estimate of drug-likeness (QED) is 0.0669. The summed E-state index contributed by atoms with van der Waals surface area (Å²) in [7, 11) is 0.652. The number of nitrogens with zero attached hydrogens (tertiary/aromatic N) is 1. The van der Waals surface area contributed by atoms with Gasteiger partial charge in [-0.1, -0.05) is 115 Å². The van der Waals surface area contributed by atoms with Crippen LogP contribution in [-0.2, 0) is 19.4 Å². The summed E-state index contributed by atoms with van der Waals surface area (Å²) in [5.74, 6) is 0.187. The number of para-hydroxylation sites is 1. The Morgan fingerprint density at radius 3 is 1.58 bits per heavy atom. The third kappa shape index (κ3) is 21.8. The van der Waals surface area contributed by atoms with E-state index >= 15 is 0 Å². The van der Waals surface area contributed by atoms with Crippen molar-refractivity contribution in [3.05, 3.63) is 30.3 Å². The van der Waals surface area contributed by atoms with Crippen molar-refractivity contribution in [2.24, 2.45) is 0 Å². The lowest BCUT2D eigenvalue weighted by atomic mass is 10.0. The molecule has 0 saturated carbocycles. The maximum Gasteiger partial charge on any atom is 0.224 e. The highest BCUT2D eigenvalue weighted by Crippen LogP contribution is 2.17. The van der Waals surface area contributed by atoms with Gasteiger partial charge in [0.05, 0.1) is 21.2 Å². The van der Waals surface area contributed by atoms with Crippen LogP contribution < -0.4 is 9.80 Å². The zero-order valence-electron chi connectivity index (χ0n) is 23.3. The Kier molecular flexibility index (Phi) is 20.7. The van der Waals surface area contributed by atoms with Gasteiger partial charge in [0.15, 0.2) is 6.67 Å². The third-order valence-corrected chi connectivity index (χ3v) is 6.75. The number of rotatable bonds is 20. The van der Waals surface area contributed by atoms with Gasteiger partial charge in [0.1, 0.15) is 5.69 Å². The molecule has 1 N–H and O–H groups in total. The fourth-order valence-electron chi connectivity index (χ4n) is 3.95. The summed E-state index contributed by atoms with van der Waals surface area (Å²) in [5, 5.41) is 3.10. The number of nitrogens with one attached hydrogen (secondary N) is 1. The molecule has 210 valence electrons. The summed E-state index contributed by atoms with van der Waals surface area (Å²) >= 11 is 0. The highest BCUT2D eigenvalue weighted by atomic mass is 32.3. The van der Waals surface area contributed by atoms with Gasteiger partial charge in [-0.15, -0.1) is 0 Å². The normalized spacial score (nSPS) is 11.6. The van der Waals surface area contributed by atoms with E-state index in [0.717, 1.165) is 13.5 Å². The lowest BCUT2D eigenvalue weighted by Crippen LogP contribution is -2.49. The van der Waals surface area contributed by atoms with Crippen molar-refractivity contribution in [2.75, 3.05) is 27.9 Å². The number of hydrogen-bond donors (Lipinski definition) is 1. The summed E-state index contributed by atoms with van der Waals surface area (Å²) in [6, 6.07) is 10.3. The van der Waals surface area contributed by atoms with Gasteiger partial charge in [-0.3, -0.25) is 13.5 Å². The van der Waals surface area contributed by atoms with E-state index in [1.807, 2.05) is 18.2 Å². The summed E-state index contributed by atoms with van der Waals surface area (Å²) in [6.07, 6.45) is 21.0. The van der Waals surface area contributed by atoms with Crippen molar-refractivity contribution in [3.63, 3.8) is 0 Å². The van der Waals surface area contributed by atoms with E-state index in [1.54, 1.807) is 0 Å². The molecule has 0 unspecified atom stereocenters. The van der Waals surface area contributed by atoms with Gasteiger partial charge in [0.25, 0.3) is 0 Å². The zero-order valence-corrected chi connectivity index (χ0v) is 24.1. The number of carbonyl (C=O) groups excluding carboxylic acids is 1. The van der Waals surface area contributed by atoms with Gasteiger partial charge in [0, 0.05) is 6.42 Å². The molecule has 0 saturated heterocycles. The van der Waals surface area contributed by atoms with Crippen molar-refractivity contribution < 1.29 is 21.9 Å². The van der Waals surface area contributed by atoms with Crippen LogP contribution in [0.1, 0.15) is 110 Å². The number of amides is 1. The maximum atomic E-state index is 12.1. The first-order valence-corrected chi connectivity index (χ1v) is 15.1. The Morgan fingerprint density at radius 1 is 0.806 bits per heavy atom. The van der Waals surface area contributed by atoms with Crippen molar-refractivity contribution in [2.45, 2.75) is 110 Å². The van der Waals surface area contributed by atoms with Crippen LogP contribution in [0.4, 0.5) is 5.69 Å². The predicted molar refractivity (Wildman–Crippen MR) is 149 cm³/mol. The minimum absolute atomic E-state index is 0.187. The third-order valence-electron chi connectivity index (χ3n) is 6.34. The first-order chi connectivity index (χ1) is 17.1. The second-order valence-corrected chi connectivity index (χ2v) is 11.2. The van der Waals surface area contributed by atoms with Gasteiger partial charge in [-0.2, -0.15) is 0 Å². The molecule has 0 heterocycles. The van der Waals surface area contributed by atoms with E-state index in [-0.39, 0.29) is 5.91 Å². The first kappa shape index (κ1) is 34.5. The minimum Gasteiger partial charge on any atom is -0.726 e. The molecule has 1 rings (SSSR count). The van der Waals surface area contributed by atoms with Crippen molar-refractivity contribution in [1.29, 1.82) is 0 Å². The molecule has 7 nitrogen and oxygen atoms in total. The van der Waals surface area contributed by atoms with Crippen LogP contribution >= 0.6 is 0 Å². The molecule has 0 aliphatic carbocycles. The minimum atomic E-state index is -4.41. The van der Waals surface area contributed by atoms with E-state index in [4.69, 9.17) is 0 Å². The Labute approximate surface area is 221 Å². The van der Waals surface area contributed by atoms with Gasteiger partial charge >= 0.3 is 0 Å². The van der Waals surface area contributed by atoms with E-state index in [9.17, 15) is 17.8 Å². The molecule has 0 bridgehead atoms. The number of hydrogen-bond acceptors (Lipinski definition) is 5. The Balaban J connectivity index is 0.00000181. The molecule has 1 aromatic rings. The Hall–Kier alpha value is -1.48. The van der Waals surface area contributed by atoms with Crippen LogP contribution in [0.3, 0.4) is 0 Å². The lowest BCUT2D eigenvalue weighted by Gasteiger charge is -2.29. The molecule has 8 heteroatoms. The van der Waals surface area contributed by atoms with Crippen molar-refractivity contribution in [1.82, 2.24) is 9.80 Å². The second-order valence-electron chi connectivity index (χ2n) is 10.1. The van der Waals surface area contributed by atoms with Crippen LogP contribution in [-0.4, -0.2) is 46.8 Å². The summed E-state index contributed by atoms with van der Waals surface area (Å²) in [6.45, 7) is 2.92. The molecule has 0 radical (unpaired) electrons. The maximum absolute atomic E-state index is 12.1. The smallest absolute Gasteiger partial charge is 0.224 e. The van der Waals surface area contributed by atoms with Gasteiger partial charge in [-0.05, 0) is 18.6 Å². The molecule has 0 aliphatic heterocycles. The summed E-state index contributed by atoms with van der Waals surface area (Å²) in [4.78, 5) is 12.1. The monoisotopic (exact) mass is 528 g/mol. The lowest BCUT2D eigenvalue weighted by molar-refractivity contribution is -0.121. The SMILES string of the molecule is CCCCCCCCCCCCCCCCCC(=O)NC[N+](C)(C)c1ccccc1.COS(=O)(=O)[O-]. The van der Waals surface area contributed by atoms with Crippen LogP contribution in [0, 0.1) is 0 Å². The molecular formula is C28H52N2O5S. The molecule has 0 aromatic heterocycles. The van der Waals surface area contributed by atoms with Crippen molar-refractivity contribution >= 4 is 22.0 Å². The van der Waals surface area contributed by atoms with E-state index in [1.165, 1.54) is 95.6 Å². The number of benzene rings is 1. The topological polar surface area (TPSA) is 95.5 Å². The molecule has 0 aliphatic rings. The molecule has 1 amide bonds. The standard InChI is InChI=1S/C27H48N2O.CH4O4S/c1-4-5-6-7-8-9-10-11-12-13-14-15-16-17-21-24-27(30)28-25-29(2,3)26-22-19-18-20-23-26;1-5-6(2,3)4/h18-20,22-23H,4-17,21,24-25H2,1-3H3;1H3,(H,2,3,4). The van der Waals surface area contributed by atoms with E-state index in [2.05, 4.69) is 42.7 Å². The fraction of sp³-hybridized carbons (Fsp3) is 0.750. The highest BCUT2D eigenvalue weighted by Gasteiger charge is 2.18. The van der Waals surface area contributed by atoms with Crippen LogP contribution in [0.5, 0.6) is 0 Å². The van der Waals surface area contributed by atoms with Gasteiger partial charge in [0.2, 0.25) is 16.3 Å². The van der Waals surface area contributed by atoms with Crippen molar-refractivity contribution in [3.8, 4) is 0 Å². The molecule has 0 spiro atoms. The molecular weight excluding hydrogens is 476 g/mol. The number of quaternary nitrogens is 1. The van der Waals surface area contributed by atoms with Crippen LogP contribution in [0.25, 0.3) is 0 Å². The average molecular weight is 529 g/mol. The molecule has 0 atom stereocenters. The van der Waals surface area contributed by atoms with E-state index < -0.39 is 10.4 Å². The first-order valence-electron chi connectivity index (χ1n) is 13.8. The highest BCUT2D eigenvalue weighted by molar-refractivity contribution is 7.80. The van der Waals surface area contributed by atoms with Crippen LogP contribution in [0.15, 0.2) is 30.3 Å². The predicted octanol–water partition coefficient (Wildman–Crippen LogP) is 6.68. The molecule has 0 fully saturated rings. The number of carbonyl (C=O) groups is 1. The van der Waals surface area contributed by atoms with Crippen LogP contribution in [0.2, 0.25) is 0 Å². The molecule has 36 heavy (non-hydrogen) atoms. The van der Waals surface area contributed by atoms with Gasteiger partial charge in [-0.25, -0.2) is 8.42 Å². The largest absolute Gasteiger partial charge is 0.726 e. The summed E-state index contributed by atoms with van der Waals surface area (Å²) in [5.41, 5.74) is 1.21.